The fraction of sp³-hybridized carbons (Fsp3) is 0.615. The normalized spacial score (nSPS) is 22.6. The number of anilines is 2. The lowest BCUT2D eigenvalue weighted by atomic mass is 9.75. The number of nitrogen functional groups attached to an aromatic ring is 1. The minimum absolute atomic E-state index is 0.240. The quantitative estimate of drug-likeness (QED) is 0.816. The Hall–Kier alpha value is -1.83. The first-order valence-electron chi connectivity index (χ1n) is 6.21. The molecule has 0 saturated carbocycles. The smallest absolute Gasteiger partial charge is 0.227 e. The van der Waals surface area contributed by atoms with E-state index in [0.717, 1.165) is 19.5 Å². The third-order valence-electron chi connectivity index (χ3n) is 3.97. The van der Waals surface area contributed by atoms with Gasteiger partial charge in [-0.2, -0.15) is 10.2 Å². The van der Waals surface area contributed by atoms with E-state index >= 15 is 0 Å². The molecule has 1 aromatic rings. The minimum atomic E-state index is 0.240. The Bertz CT molecular complexity index is 489. The van der Waals surface area contributed by atoms with Crippen LogP contribution in [-0.4, -0.2) is 23.1 Å². The summed E-state index contributed by atoms with van der Waals surface area (Å²) in [6.07, 6.45) is 2.62. The second-order valence-electron chi connectivity index (χ2n) is 5.68. The number of piperidine rings is 1. The van der Waals surface area contributed by atoms with E-state index in [1.54, 1.807) is 0 Å². The van der Waals surface area contributed by atoms with Crippen molar-refractivity contribution in [2.24, 2.45) is 11.3 Å². The van der Waals surface area contributed by atoms with Gasteiger partial charge in [-0.1, -0.05) is 20.8 Å². The number of aromatic nitrogens is 2. The summed E-state index contributed by atoms with van der Waals surface area (Å²) in [4.78, 5) is 10.6. The first kappa shape index (κ1) is 12.6. The van der Waals surface area contributed by atoms with Gasteiger partial charge in [-0.05, 0) is 17.8 Å². The van der Waals surface area contributed by atoms with Gasteiger partial charge in [-0.3, -0.25) is 0 Å². The molecule has 5 heteroatoms. The molecule has 0 aromatic carbocycles. The lowest BCUT2D eigenvalue weighted by Crippen LogP contribution is -2.45. The van der Waals surface area contributed by atoms with Crippen molar-refractivity contribution in [3.63, 3.8) is 0 Å². The summed E-state index contributed by atoms with van der Waals surface area (Å²) in [5, 5.41) is 8.81. The molecule has 0 aliphatic carbocycles. The molecule has 96 valence electrons. The second-order valence-corrected chi connectivity index (χ2v) is 5.68. The Morgan fingerprint density at radius 3 is 2.83 bits per heavy atom. The highest BCUT2D eigenvalue weighted by Gasteiger charge is 2.33. The van der Waals surface area contributed by atoms with E-state index in [2.05, 4.69) is 35.6 Å². The van der Waals surface area contributed by atoms with Gasteiger partial charge < -0.3 is 10.6 Å². The van der Waals surface area contributed by atoms with Crippen LogP contribution in [0.15, 0.2) is 6.20 Å². The lowest BCUT2D eigenvalue weighted by molar-refractivity contribution is 0.192. The molecule has 0 radical (unpaired) electrons. The van der Waals surface area contributed by atoms with E-state index in [1.807, 2.05) is 6.07 Å². The van der Waals surface area contributed by atoms with E-state index in [-0.39, 0.29) is 11.2 Å². The molecule has 1 aliphatic rings. The molecule has 2 N–H and O–H groups in total. The van der Waals surface area contributed by atoms with Crippen molar-refractivity contribution in [2.45, 2.75) is 27.2 Å². The van der Waals surface area contributed by atoms with Gasteiger partial charge in [0.2, 0.25) is 5.95 Å². The van der Waals surface area contributed by atoms with Gasteiger partial charge in [-0.15, -0.1) is 0 Å². The topological polar surface area (TPSA) is 78.8 Å². The van der Waals surface area contributed by atoms with Crippen molar-refractivity contribution in [2.75, 3.05) is 23.7 Å². The molecule has 5 nitrogen and oxygen atoms in total. The molecule has 1 fully saturated rings. The van der Waals surface area contributed by atoms with Crippen LogP contribution in [0.5, 0.6) is 0 Å². The van der Waals surface area contributed by atoms with Crippen LogP contribution in [-0.2, 0) is 0 Å². The Morgan fingerprint density at radius 2 is 2.28 bits per heavy atom. The number of hydrogen-bond acceptors (Lipinski definition) is 5. The maximum absolute atomic E-state index is 8.81. The average Bonchev–Trinajstić information content (AvgIpc) is 2.32. The predicted octanol–water partition coefficient (Wildman–Crippen LogP) is 1.80. The fourth-order valence-corrected chi connectivity index (χ4v) is 2.26. The highest BCUT2D eigenvalue weighted by Crippen LogP contribution is 2.35. The maximum atomic E-state index is 8.81. The average molecular weight is 245 g/mol. The standard InChI is InChI=1S/C13H19N5/c1-9-4-5-18(8-13(9,2)3)12-16-7-10(6-14)11(15)17-12/h7,9H,4-5,8H2,1-3H3,(H2,15,16,17)/t9-/m1/s1. The van der Waals surface area contributed by atoms with Gasteiger partial charge >= 0.3 is 0 Å². The molecule has 0 bridgehead atoms. The molecule has 1 saturated heterocycles. The molecule has 0 unspecified atom stereocenters. The third-order valence-corrected chi connectivity index (χ3v) is 3.97. The van der Waals surface area contributed by atoms with Crippen molar-refractivity contribution >= 4 is 11.8 Å². The van der Waals surface area contributed by atoms with Gasteiger partial charge in [0.1, 0.15) is 17.5 Å². The van der Waals surface area contributed by atoms with E-state index < -0.39 is 0 Å². The van der Waals surface area contributed by atoms with Crippen LogP contribution in [0.2, 0.25) is 0 Å². The SMILES string of the molecule is C[C@@H]1CCN(c2ncc(C#N)c(N)n2)CC1(C)C. The van der Waals surface area contributed by atoms with Crippen LogP contribution in [0, 0.1) is 22.7 Å². The van der Waals surface area contributed by atoms with E-state index in [4.69, 9.17) is 11.0 Å². The summed E-state index contributed by atoms with van der Waals surface area (Å²) in [7, 11) is 0. The van der Waals surface area contributed by atoms with Crippen molar-refractivity contribution in [3.8, 4) is 6.07 Å². The van der Waals surface area contributed by atoms with Crippen LogP contribution in [0.4, 0.5) is 11.8 Å². The Balaban J connectivity index is 2.23. The molecule has 2 heterocycles. The van der Waals surface area contributed by atoms with E-state index in [1.165, 1.54) is 6.20 Å². The maximum Gasteiger partial charge on any atom is 0.227 e. The summed E-state index contributed by atoms with van der Waals surface area (Å²) in [5.41, 5.74) is 6.31. The second kappa shape index (κ2) is 4.45. The number of rotatable bonds is 1. The van der Waals surface area contributed by atoms with Crippen LogP contribution in [0.3, 0.4) is 0 Å². The number of nitrogens with two attached hydrogens (primary N) is 1. The van der Waals surface area contributed by atoms with Crippen LogP contribution >= 0.6 is 0 Å². The number of nitrogens with zero attached hydrogens (tertiary/aromatic N) is 4. The van der Waals surface area contributed by atoms with Crippen LogP contribution in [0.25, 0.3) is 0 Å². The van der Waals surface area contributed by atoms with Crippen molar-refractivity contribution in [1.82, 2.24) is 9.97 Å². The van der Waals surface area contributed by atoms with Crippen molar-refractivity contribution in [3.05, 3.63) is 11.8 Å². The monoisotopic (exact) mass is 245 g/mol. The molecular weight excluding hydrogens is 226 g/mol. The zero-order chi connectivity index (χ0) is 13.3. The van der Waals surface area contributed by atoms with Gasteiger partial charge in [-0.25, -0.2) is 4.98 Å². The van der Waals surface area contributed by atoms with Gasteiger partial charge in [0.05, 0.1) is 6.20 Å². The van der Waals surface area contributed by atoms with E-state index in [0.29, 0.717) is 17.4 Å². The summed E-state index contributed by atoms with van der Waals surface area (Å²) in [6.45, 7) is 8.66. The summed E-state index contributed by atoms with van der Waals surface area (Å²) < 4.78 is 0. The summed E-state index contributed by atoms with van der Waals surface area (Å²) in [6, 6.07) is 1.98. The van der Waals surface area contributed by atoms with Gasteiger partial charge in [0.25, 0.3) is 0 Å². The van der Waals surface area contributed by atoms with Crippen LogP contribution in [0.1, 0.15) is 32.8 Å². The predicted molar refractivity (Wildman–Crippen MR) is 70.9 cm³/mol. The largest absolute Gasteiger partial charge is 0.382 e. The zero-order valence-electron chi connectivity index (χ0n) is 11.1. The highest BCUT2D eigenvalue weighted by molar-refractivity contribution is 5.50. The molecule has 0 amide bonds. The van der Waals surface area contributed by atoms with Crippen LogP contribution < -0.4 is 10.6 Å². The summed E-state index contributed by atoms with van der Waals surface area (Å²) >= 11 is 0. The Kier molecular flexibility index (Phi) is 3.12. The first-order chi connectivity index (χ1) is 8.44. The van der Waals surface area contributed by atoms with Gasteiger partial charge in [0, 0.05) is 13.1 Å². The molecular formula is C13H19N5. The van der Waals surface area contributed by atoms with Crippen molar-refractivity contribution in [1.29, 1.82) is 5.26 Å². The minimum Gasteiger partial charge on any atom is -0.382 e. The summed E-state index contributed by atoms with van der Waals surface area (Å²) in [5.74, 6) is 1.58. The third kappa shape index (κ3) is 2.23. The fourth-order valence-electron chi connectivity index (χ4n) is 2.26. The van der Waals surface area contributed by atoms with E-state index in [9.17, 15) is 0 Å². The molecule has 2 rings (SSSR count). The molecule has 18 heavy (non-hydrogen) atoms. The number of nitriles is 1. The number of hydrogen-bond donors (Lipinski definition) is 1. The Morgan fingerprint density at radius 1 is 1.56 bits per heavy atom. The molecule has 1 aliphatic heterocycles. The first-order valence-corrected chi connectivity index (χ1v) is 6.21. The van der Waals surface area contributed by atoms with Gasteiger partial charge in [0.15, 0.2) is 0 Å². The van der Waals surface area contributed by atoms with Crippen molar-refractivity contribution < 1.29 is 0 Å². The molecule has 1 aromatic heterocycles. The lowest BCUT2D eigenvalue weighted by Gasteiger charge is -2.42. The zero-order valence-corrected chi connectivity index (χ0v) is 11.1. The Labute approximate surface area is 108 Å². The highest BCUT2D eigenvalue weighted by atomic mass is 15.3. The molecule has 1 atom stereocenters. The molecule has 0 spiro atoms.